The Hall–Kier alpha value is -1.89. The van der Waals surface area contributed by atoms with E-state index < -0.39 is 0 Å². The predicted molar refractivity (Wildman–Crippen MR) is 92.6 cm³/mol. The quantitative estimate of drug-likeness (QED) is 0.686. The summed E-state index contributed by atoms with van der Waals surface area (Å²) in [6.45, 7) is 1.81. The number of fused-ring (bicyclic) bond motifs is 1. The van der Waals surface area contributed by atoms with E-state index in [9.17, 15) is 4.79 Å². The molecule has 0 saturated carbocycles. The highest BCUT2D eigenvalue weighted by Crippen LogP contribution is 2.22. The van der Waals surface area contributed by atoms with Gasteiger partial charge in [-0.15, -0.1) is 11.3 Å². The molecule has 0 unspecified atom stereocenters. The number of halogens is 1. The number of rotatable bonds is 6. The molecular weight excluding hydrogens is 334 g/mol. The van der Waals surface area contributed by atoms with Crippen LogP contribution in [0.2, 0.25) is 5.02 Å². The Morgan fingerprint density at radius 1 is 1.39 bits per heavy atom. The molecule has 23 heavy (non-hydrogen) atoms. The van der Waals surface area contributed by atoms with Crippen molar-refractivity contribution >= 4 is 27.9 Å². The lowest BCUT2D eigenvalue weighted by Crippen LogP contribution is -2.25. The van der Waals surface area contributed by atoms with Gasteiger partial charge in [-0.3, -0.25) is 14.1 Å². The van der Waals surface area contributed by atoms with E-state index in [1.807, 2.05) is 30.6 Å². The summed E-state index contributed by atoms with van der Waals surface area (Å²) in [7, 11) is 1.97. The lowest BCUT2D eigenvalue weighted by atomic mass is 10.3. The number of hydrogen-bond donors (Lipinski definition) is 0. The predicted octanol–water partition coefficient (Wildman–Crippen LogP) is 2.92. The van der Waals surface area contributed by atoms with Gasteiger partial charge in [0.25, 0.3) is 5.56 Å². The van der Waals surface area contributed by atoms with Crippen LogP contribution in [0.5, 0.6) is 5.75 Å². The summed E-state index contributed by atoms with van der Waals surface area (Å²) in [6.07, 6.45) is 1.74. The highest BCUT2D eigenvalue weighted by atomic mass is 35.5. The number of aromatic nitrogens is 2. The highest BCUT2D eigenvalue weighted by Gasteiger charge is 2.07. The van der Waals surface area contributed by atoms with Gasteiger partial charge in [0.2, 0.25) is 0 Å². The number of ether oxygens (including phenoxy) is 1. The molecule has 0 saturated heterocycles. The first-order valence-corrected chi connectivity index (χ1v) is 8.41. The summed E-state index contributed by atoms with van der Waals surface area (Å²) in [5, 5.41) is 2.46. The van der Waals surface area contributed by atoms with E-state index in [2.05, 4.69) is 9.88 Å². The molecular formula is C16H16ClN3O2S. The molecule has 7 heteroatoms. The second-order valence-corrected chi connectivity index (χ2v) is 6.44. The van der Waals surface area contributed by atoms with Crippen molar-refractivity contribution in [1.29, 1.82) is 0 Å². The van der Waals surface area contributed by atoms with E-state index in [0.717, 1.165) is 5.69 Å². The summed E-state index contributed by atoms with van der Waals surface area (Å²) in [5.41, 5.74) is 0.713. The molecule has 3 rings (SSSR count). The Morgan fingerprint density at radius 2 is 2.22 bits per heavy atom. The topological polar surface area (TPSA) is 46.8 Å². The summed E-state index contributed by atoms with van der Waals surface area (Å²) >= 11 is 7.50. The maximum atomic E-state index is 12.0. The minimum Gasteiger partial charge on any atom is -0.491 e. The molecule has 3 aromatic rings. The zero-order valence-corrected chi connectivity index (χ0v) is 14.2. The van der Waals surface area contributed by atoms with Gasteiger partial charge in [0, 0.05) is 30.7 Å². The fraction of sp³-hybridized carbons (Fsp3) is 0.250. The maximum absolute atomic E-state index is 12.0. The Bertz CT molecular complexity index is 862. The first-order valence-electron chi connectivity index (χ1n) is 7.15. The first-order chi connectivity index (χ1) is 11.1. The van der Waals surface area contributed by atoms with Crippen LogP contribution in [0, 0.1) is 0 Å². The SMILES string of the molecule is CN(CCOc1ccccc1Cl)Cc1cc(=O)n2ccsc2n1. The normalized spacial score (nSPS) is 11.3. The van der Waals surface area contributed by atoms with Crippen molar-refractivity contribution in [2.45, 2.75) is 6.54 Å². The van der Waals surface area contributed by atoms with Crippen LogP contribution in [0.3, 0.4) is 0 Å². The molecule has 120 valence electrons. The molecule has 0 amide bonds. The lowest BCUT2D eigenvalue weighted by molar-refractivity contribution is 0.231. The van der Waals surface area contributed by atoms with Gasteiger partial charge in [0.15, 0.2) is 4.96 Å². The number of nitrogens with zero attached hydrogens (tertiary/aromatic N) is 3. The zero-order chi connectivity index (χ0) is 16.2. The van der Waals surface area contributed by atoms with Crippen molar-refractivity contribution in [2.24, 2.45) is 0 Å². The molecule has 0 aliphatic rings. The Kier molecular flexibility index (Phi) is 4.95. The van der Waals surface area contributed by atoms with Crippen molar-refractivity contribution in [1.82, 2.24) is 14.3 Å². The second kappa shape index (κ2) is 7.12. The maximum Gasteiger partial charge on any atom is 0.258 e. The Labute approximate surface area is 142 Å². The smallest absolute Gasteiger partial charge is 0.258 e. The van der Waals surface area contributed by atoms with Crippen LogP contribution in [0.25, 0.3) is 4.96 Å². The molecule has 0 aliphatic heterocycles. The third-order valence-corrected chi connectivity index (χ3v) is 4.42. The minimum atomic E-state index is -0.0491. The monoisotopic (exact) mass is 349 g/mol. The molecule has 0 bridgehead atoms. The van der Waals surface area contributed by atoms with E-state index in [-0.39, 0.29) is 5.56 Å². The second-order valence-electron chi connectivity index (χ2n) is 5.16. The van der Waals surface area contributed by atoms with Crippen LogP contribution in [0.4, 0.5) is 0 Å². The highest BCUT2D eigenvalue weighted by molar-refractivity contribution is 7.15. The van der Waals surface area contributed by atoms with Crippen LogP contribution in [0.15, 0.2) is 46.7 Å². The fourth-order valence-electron chi connectivity index (χ4n) is 2.20. The van der Waals surface area contributed by atoms with Crippen molar-refractivity contribution in [3.63, 3.8) is 0 Å². The van der Waals surface area contributed by atoms with Gasteiger partial charge in [0.1, 0.15) is 12.4 Å². The average Bonchev–Trinajstić information content (AvgIpc) is 2.98. The summed E-state index contributed by atoms with van der Waals surface area (Å²) in [6, 6.07) is 8.97. The average molecular weight is 350 g/mol. The van der Waals surface area contributed by atoms with Crippen molar-refractivity contribution in [3.8, 4) is 5.75 Å². The van der Waals surface area contributed by atoms with E-state index in [0.29, 0.717) is 35.4 Å². The molecule has 5 nitrogen and oxygen atoms in total. The Morgan fingerprint density at radius 3 is 3.04 bits per heavy atom. The van der Waals surface area contributed by atoms with Crippen LogP contribution in [-0.4, -0.2) is 34.5 Å². The molecule has 0 fully saturated rings. The molecule has 1 aromatic carbocycles. The lowest BCUT2D eigenvalue weighted by Gasteiger charge is -2.16. The number of benzene rings is 1. The van der Waals surface area contributed by atoms with Crippen LogP contribution in [-0.2, 0) is 6.54 Å². The molecule has 0 N–H and O–H groups in total. The third kappa shape index (κ3) is 3.90. The summed E-state index contributed by atoms with van der Waals surface area (Å²) in [5.74, 6) is 0.680. The van der Waals surface area contributed by atoms with E-state index >= 15 is 0 Å². The van der Waals surface area contributed by atoms with Gasteiger partial charge in [-0.1, -0.05) is 23.7 Å². The third-order valence-electron chi connectivity index (χ3n) is 3.36. The van der Waals surface area contributed by atoms with Gasteiger partial charge in [-0.25, -0.2) is 4.98 Å². The van der Waals surface area contributed by atoms with Crippen LogP contribution in [0.1, 0.15) is 5.69 Å². The number of hydrogen-bond acceptors (Lipinski definition) is 5. The van der Waals surface area contributed by atoms with Gasteiger partial charge in [-0.2, -0.15) is 0 Å². The van der Waals surface area contributed by atoms with Crippen molar-refractivity contribution in [2.75, 3.05) is 20.2 Å². The largest absolute Gasteiger partial charge is 0.491 e. The minimum absolute atomic E-state index is 0.0491. The van der Waals surface area contributed by atoms with Gasteiger partial charge < -0.3 is 4.74 Å². The van der Waals surface area contributed by atoms with Crippen molar-refractivity contribution in [3.05, 3.63) is 63.0 Å². The molecule has 0 atom stereocenters. The number of thiazole rings is 1. The number of likely N-dealkylation sites (N-methyl/N-ethyl adjacent to an activating group) is 1. The van der Waals surface area contributed by atoms with Crippen LogP contribution < -0.4 is 10.3 Å². The van der Waals surface area contributed by atoms with E-state index in [1.165, 1.54) is 11.3 Å². The standard InChI is InChI=1S/C16H16ClN3O2S/c1-19(6-8-22-14-5-3-2-4-13(14)17)11-12-10-15(21)20-7-9-23-16(20)18-12/h2-5,7,9-10H,6,8,11H2,1H3. The Balaban J connectivity index is 1.57. The molecule has 0 aliphatic carbocycles. The summed E-state index contributed by atoms with van der Waals surface area (Å²) in [4.78, 5) is 19.2. The van der Waals surface area contributed by atoms with Gasteiger partial charge in [-0.05, 0) is 19.2 Å². The van der Waals surface area contributed by atoms with E-state index in [4.69, 9.17) is 16.3 Å². The molecule has 0 radical (unpaired) electrons. The molecule has 2 heterocycles. The molecule has 0 spiro atoms. The van der Waals surface area contributed by atoms with Gasteiger partial charge >= 0.3 is 0 Å². The zero-order valence-electron chi connectivity index (χ0n) is 12.6. The van der Waals surface area contributed by atoms with Crippen LogP contribution >= 0.6 is 22.9 Å². The summed E-state index contributed by atoms with van der Waals surface area (Å²) < 4.78 is 7.22. The number of para-hydroxylation sites is 1. The first kappa shape index (κ1) is 16.0. The van der Waals surface area contributed by atoms with Crippen molar-refractivity contribution < 1.29 is 4.74 Å². The molecule has 2 aromatic heterocycles. The van der Waals surface area contributed by atoms with E-state index in [1.54, 1.807) is 22.7 Å². The van der Waals surface area contributed by atoms with Gasteiger partial charge in [0.05, 0.1) is 10.7 Å². The fourth-order valence-corrected chi connectivity index (χ4v) is 3.13.